The summed E-state index contributed by atoms with van der Waals surface area (Å²) in [6, 6.07) is 3.17. The van der Waals surface area contributed by atoms with E-state index in [4.69, 9.17) is 5.73 Å². The third kappa shape index (κ3) is 3.64. The molecule has 0 heterocycles. The summed E-state index contributed by atoms with van der Waals surface area (Å²) in [5.74, 6) is -0.0866. The van der Waals surface area contributed by atoms with Crippen LogP contribution in [0.15, 0.2) is 23.1 Å². The van der Waals surface area contributed by atoms with Crippen molar-refractivity contribution in [1.29, 1.82) is 0 Å². The van der Waals surface area contributed by atoms with Gasteiger partial charge >= 0.3 is 5.51 Å². The van der Waals surface area contributed by atoms with Gasteiger partial charge in [0.1, 0.15) is 5.75 Å². The van der Waals surface area contributed by atoms with Gasteiger partial charge < -0.3 is 10.8 Å². The predicted octanol–water partition coefficient (Wildman–Crippen LogP) is 3.02. The fourth-order valence-electron chi connectivity index (χ4n) is 1.09. The van der Waals surface area contributed by atoms with E-state index in [0.717, 1.165) is 0 Å². The smallest absolute Gasteiger partial charge is 0.446 e. The van der Waals surface area contributed by atoms with E-state index in [9.17, 15) is 18.3 Å². The number of rotatable bonds is 2. The highest BCUT2D eigenvalue weighted by Crippen LogP contribution is 2.38. The largest absolute Gasteiger partial charge is 0.508 e. The third-order valence-electron chi connectivity index (χ3n) is 1.72. The third-order valence-corrected chi connectivity index (χ3v) is 2.44. The lowest BCUT2D eigenvalue weighted by Crippen LogP contribution is -2.06. The van der Waals surface area contributed by atoms with E-state index >= 15 is 0 Å². The number of hydrogen-bond donors (Lipinski definition) is 2. The van der Waals surface area contributed by atoms with Crippen molar-refractivity contribution >= 4 is 11.8 Å². The summed E-state index contributed by atoms with van der Waals surface area (Å²) >= 11 is -0.226. The lowest BCUT2D eigenvalue weighted by Gasteiger charge is -2.11. The SMILES string of the molecule is C[C@H](N)c1cc(SC(F)(F)F)ccc1O. The van der Waals surface area contributed by atoms with Crippen LogP contribution in [0.25, 0.3) is 0 Å². The highest BCUT2D eigenvalue weighted by atomic mass is 32.2. The van der Waals surface area contributed by atoms with Gasteiger partial charge in [0.05, 0.1) is 0 Å². The van der Waals surface area contributed by atoms with Gasteiger partial charge in [-0.1, -0.05) is 0 Å². The molecule has 0 radical (unpaired) electrons. The molecule has 0 spiro atoms. The molecule has 0 aromatic heterocycles. The Morgan fingerprint density at radius 2 is 2.00 bits per heavy atom. The molecule has 0 aliphatic carbocycles. The molecular weight excluding hydrogens is 227 g/mol. The normalized spacial score (nSPS) is 13.9. The first kappa shape index (κ1) is 12.2. The minimum atomic E-state index is -4.33. The van der Waals surface area contributed by atoms with Crippen LogP contribution in [-0.2, 0) is 0 Å². The van der Waals surface area contributed by atoms with Crippen molar-refractivity contribution in [2.24, 2.45) is 5.73 Å². The Morgan fingerprint density at radius 1 is 1.40 bits per heavy atom. The number of hydrogen-bond acceptors (Lipinski definition) is 3. The van der Waals surface area contributed by atoms with Crippen molar-refractivity contribution in [2.45, 2.75) is 23.4 Å². The molecule has 1 rings (SSSR count). The summed E-state index contributed by atoms with van der Waals surface area (Å²) in [6.07, 6.45) is 0. The first-order chi connectivity index (χ1) is 6.79. The Morgan fingerprint density at radius 3 is 2.47 bits per heavy atom. The van der Waals surface area contributed by atoms with Gasteiger partial charge in [0, 0.05) is 16.5 Å². The Labute approximate surface area is 89.3 Å². The molecule has 0 saturated heterocycles. The van der Waals surface area contributed by atoms with E-state index in [-0.39, 0.29) is 22.4 Å². The summed E-state index contributed by atoms with van der Waals surface area (Å²) in [4.78, 5) is 0.0209. The first-order valence-electron chi connectivity index (χ1n) is 4.14. The summed E-state index contributed by atoms with van der Waals surface area (Å²) < 4.78 is 36.1. The van der Waals surface area contributed by atoms with Crippen LogP contribution in [0.2, 0.25) is 0 Å². The van der Waals surface area contributed by atoms with E-state index in [1.807, 2.05) is 0 Å². The summed E-state index contributed by atoms with van der Waals surface area (Å²) in [5.41, 5.74) is 1.48. The second kappa shape index (κ2) is 4.32. The molecule has 0 unspecified atom stereocenters. The number of phenolic OH excluding ortho intramolecular Hbond substituents is 1. The average Bonchev–Trinajstić information content (AvgIpc) is 2.05. The molecule has 6 heteroatoms. The Hall–Kier alpha value is -0.880. The molecular formula is C9H10F3NOS. The number of phenols is 1. The van der Waals surface area contributed by atoms with Crippen LogP contribution in [0.4, 0.5) is 13.2 Å². The Balaban J connectivity index is 2.98. The highest BCUT2D eigenvalue weighted by Gasteiger charge is 2.29. The fourth-order valence-corrected chi connectivity index (χ4v) is 1.68. The minimum Gasteiger partial charge on any atom is -0.508 e. The number of thioether (sulfide) groups is 1. The van der Waals surface area contributed by atoms with Gasteiger partial charge in [0.2, 0.25) is 0 Å². The summed E-state index contributed by atoms with van der Waals surface area (Å²) in [6.45, 7) is 1.59. The maximum atomic E-state index is 12.0. The molecule has 3 N–H and O–H groups in total. The highest BCUT2D eigenvalue weighted by molar-refractivity contribution is 8.00. The molecule has 84 valence electrons. The minimum absolute atomic E-state index is 0.0209. The maximum Gasteiger partial charge on any atom is 0.446 e. The van der Waals surface area contributed by atoms with Crippen molar-refractivity contribution in [2.75, 3.05) is 0 Å². The number of alkyl halides is 3. The molecule has 0 amide bonds. The lowest BCUT2D eigenvalue weighted by atomic mass is 10.1. The van der Waals surface area contributed by atoms with E-state index in [0.29, 0.717) is 5.56 Å². The molecule has 0 aliphatic rings. The molecule has 0 aliphatic heterocycles. The van der Waals surface area contributed by atoms with E-state index < -0.39 is 11.6 Å². The van der Waals surface area contributed by atoms with Gasteiger partial charge in [-0.3, -0.25) is 0 Å². The van der Waals surface area contributed by atoms with Crippen molar-refractivity contribution in [3.05, 3.63) is 23.8 Å². The number of benzene rings is 1. The topological polar surface area (TPSA) is 46.2 Å². The van der Waals surface area contributed by atoms with Crippen LogP contribution >= 0.6 is 11.8 Å². The molecule has 1 aromatic carbocycles. The maximum absolute atomic E-state index is 12.0. The van der Waals surface area contributed by atoms with E-state index in [1.54, 1.807) is 6.92 Å². The summed E-state index contributed by atoms with van der Waals surface area (Å²) in [5, 5.41) is 9.33. The standard InChI is InChI=1S/C9H10F3NOS/c1-5(13)7-4-6(2-3-8(7)14)15-9(10,11)12/h2-5,14H,13H2,1H3/t5-/m0/s1. The number of nitrogens with two attached hydrogens (primary N) is 1. The lowest BCUT2D eigenvalue weighted by molar-refractivity contribution is -0.0328. The van der Waals surface area contributed by atoms with Crippen molar-refractivity contribution in [3.8, 4) is 5.75 Å². The predicted molar refractivity (Wildman–Crippen MR) is 52.6 cm³/mol. The molecule has 15 heavy (non-hydrogen) atoms. The van der Waals surface area contributed by atoms with Crippen LogP contribution in [-0.4, -0.2) is 10.6 Å². The first-order valence-corrected chi connectivity index (χ1v) is 4.95. The van der Waals surface area contributed by atoms with Gasteiger partial charge in [-0.15, -0.1) is 0 Å². The number of halogens is 3. The van der Waals surface area contributed by atoms with Crippen LogP contribution < -0.4 is 5.73 Å². The molecule has 0 saturated carbocycles. The molecule has 1 aromatic rings. The Kier molecular flexibility index (Phi) is 3.51. The van der Waals surface area contributed by atoms with Gasteiger partial charge in [0.25, 0.3) is 0 Å². The fraction of sp³-hybridized carbons (Fsp3) is 0.333. The van der Waals surface area contributed by atoms with E-state index in [1.165, 1.54) is 18.2 Å². The van der Waals surface area contributed by atoms with Gasteiger partial charge in [0.15, 0.2) is 0 Å². The average molecular weight is 237 g/mol. The second-order valence-electron chi connectivity index (χ2n) is 3.06. The monoisotopic (exact) mass is 237 g/mol. The zero-order valence-electron chi connectivity index (χ0n) is 7.88. The van der Waals surface area contributed by atoms with Crippen LogP contribution in [0.1, 0.15) is 18.5 Å². The van der Waals surface area contributed by atoms with Gasteiger partial charge in [-0.25, -0.2) is 0 Å². The molecule has 1 atom stereocenters. The van der Waals surface area contributed by atoms with Crippen molar-refractivity contribution in [1.82, 2.24) is 0 Å². The molecule has 2 nitrogen and oxygen atoms in total. The molecule has 0 bridgehead atoms. The Bertz CT molecular complexity index is 352. The zero-order valence-corrected chi connectivity index (χ0v) is 8.69. The van der Waals surface area contributed by atoms with Crippen LogP contribution in [0.3, 0.4) is 0 Å². The van der Waals surface area contributed by atoms with Crippen molar-refractivity contribution < 1.29 is 18.3 Å². The van der Waals surface area contributed by atoms with E-state index in [2.05, 4.69) is 0 Å². The van der Waals surface area contributed by atoms with Crippen molar-refractivity contribution in [3.63, 3.8) is 0 Å². The van der Waals surface area contributed by atoms with Crippen LogP contribution in [0.5, 0.6) is 5.75 Å². The van der Waals surface area contributed by atoms with Crippen LogP contribution in [0, 0.1) is 0 Å². The molecule has 0 fully saturated rings. The second-order valence-corrected chi connectivity index (χ2v) is 4.20. The number of aromatic hydroxyl groups is 1. The van der Waals surface area contributed by atoms with Gasteiger partial charge in [-0.05, 0) is 36.9 Å². The van der Waals surface area contributed by atoms with Gasteiger partial charge in [-0.2, -0.15) is 13.2 Å². The zero-order chi connectivity index (χ0) is 11.6. The quantitative estimate of drug-likeness (QED) is 0.777. The summed E-state index contributed by atoms with van der Waals surface area (Å²) in [7, 11) is 0.